The van der Waals surface area contributed by atoms with E-state index < -0.39 is 0 Å². The molecular weight excluding hydrogens is 372 g/mol. The second-order valence-corrected chi connectivity index (χ2v) is 8.05. The number of benzene rings is 1. The predicted molar refractivity (Wildman–Crippen MR) is 107 cm³/mol. The fourth-order valence-electron chi connectivity index (χ4n) is 3.55. The maximum Gasteiger partial charge on any atom is 0.228 e. The zero-order valence-electron chi connectivity index (χ0n) is 15.5. The van der Waals surface area contributed by atoms with Gasteiger partial charge in [0.15, 0.2) is 0 Å². The highest BCUT2D eigenvalue weighted by Gasteiger charge is 2.36. The Balaban J connectivity index is 1.46. The molecule has 3 heterocycles. The van der Waals surface area contributed by atoms with Crippen LogP contribution in [-0.4, -0.2) is 28.2 Å². The highest BCUT2D eigenvalue weighted by molar-refractivity contribution is 7.09. The second-order valence-electron chi connectivity index (χ2n) is 7.01. The number of thiophene rings is 1. The van der Waals surface area contributed by atoms with Crippen LogP contribution in [0.25, 0.3) is 0 Å². The van der Waals surface area contributed by atoms with Gasteiger partial charge in [0.25, 0.3) is 0 Å². The number of amides is 2. The maximum atomic E-state index is 13.3. The van der Waals surface area contributed by atoms with Gasteiger partial charge in [0.1, 0.15) is 5.76 Å². The molecule has 0 saturated carbocycles. The highest BCUT2D eigenvalue weighted by Crippen LogP contribution is 2.25. The lowest BCUT2D eigenvalue weighted by atomic mass is 10.1. The molecule has 1 saturated heterocycles. The average molecular weight is 394 g/mol. The van der Waals surface area contributed by atoms with Gasteiger partial charge in [0.05, 0.1) is 25.3 Å². The molecule has 0 aliphatic carbocycles. The Hall–Kier alpha value is -2.86. The van der Waals surface area contributed by atoms with Crippen molar-refractivity contribution < 1.29 is 14.0 Å². The predicted octanol–water partition coefficient (Wildman–Crippen LogP) is 3.92. The molecule has 1 aliphatic rings. The van der Waals surface area contributed by atoms with Crippen LogP contribution in [0.3, 0.4) is 0 Å². The van der Waals surface area contributed by atoms with Crippen molar-refractivity contribution in [3.63, 3.8) is 0 Å². The van der Waals surface area contributed by atoms with Crippen LogP contribution < -0.4 is 0 Å². The van der Waals surface area contributed by atoms with Crippen LogP contribution in [0.1, 0.15) is 22.6 Å². The molecule has 144 valence electrons. The van der Waals surface area contributed by atoms with E-state index in [1.165, 1.54) is 0 Å². The molecule has 0 N–H and O–H groups in total. The van der Waals surface area contributed by atoms with Gasteiger partial charge in [0, 0.05) is 24.4 Å². The molecule has 3 aromatic rings. The highest BCUT2D eigenvalue weighted by atomic mass is 32.1. The lowest BCUT2D eigenvalue weighted by Crippen LogP contribution is -2.36. The largest absolute Gasteiger partial charge is 0.467 e. The maximum absolute atomic E-state index is 13.3. The number of hydrogen-bond acceptors (Lipinski definition) is 4. The Morgan fingerprint density at radius 2 is 1.96 bits per heavy atom. The Kier molecular flexibility index (Phi) is 5.58. The number of hydrogen-bond donors (Lipinski definition) is 0. The number of carbonyl (C=O) groups excluding carboxylic acids is 2. The van der Waals surface area contributed by atoms with Crippen LogP contribution in [0, 0.1) is 5.92 Å². The molecule has 1 aliphatic heterocycles. The minimum atomic E-state index is -0.314. The Bertz CT molecular complexity index is 870. The Labute approximate surface area is 168 Å². The van der Waals surface area contributed by atoms with Gasteiger partial charge in [-0.15, -0.1) is 11.3 Å². The van der Waals surface area contributed by atoms with E-state index in [4.69, 9.17) is 4.42 Å². The summed E-state index contributed by atoms with van der Waals surface area (Å²) in [5.74, 6) is 0.478. The van der Waals surface area contributed by atoms with Crippen molar-refractivity contribution in [1.82, 2.24) is 9.80 Å². The molecular formula is C22H22N2O3S. The summed E-state index contributed by atoms with van der Waals surface area (Å²) in [6.07, 6.45) is 1.88. The summed E-state index contributed by atoms with van der Waals surface area (Å²) in [7, 11) is 0. The van der Waals surface area contributed by atoms with E-state index in [-0.39, 0.29) is 24.2 Å². The Morgan fingerprint density at radius 3 is 2.68 bits per heavy atom. The number of likely N-dealkylation sites (tertiary alicyclic amines) is 1. The molecule has 1 atom stereocenters. The smallest absolute Gasteiger partial charge is 0.228 e. The molecule has 0 bridgehead atoms. The van der Waals surface area contributed by atoms with Gasteiger partial charge >= 0.3 is 0 Å². The third-order valence-corrected chi connectivity index (χ3v) is 5.81. The van der Waals surface area contributed by atoms with Crippen molar-refractivity contribution >= 4 is 23.2 Å². The van der Waals surface area contributed by atoms with Gasteiger partial charge < -0.3 is 14.2 Å². The molecule has 4 rings (SSSR count). The quantitative estimate of drug-likeness (QED) is 0.610. The third-order valence-electron chi connectivity index (χ3n) is 4.95. The molecule has 1 unspecified atom stereocenters. The standard InChI is InChI=1S/C22H22N2O3S/c25-21-12-18(14-23(21)13-17-6-2-1-3-7-17)22(26)24(15-19-8-4-10-27-19)16-20-9-5-11-28-20/h1-11,18H,12-16H2. The van der Waals surface area contributed by atoms with Gasteiger partial charge in [-0.2, -0.15) is 0 Å². The van der Waals surface area contributed by atoms with E-state index in [2.05, 4.69) is 0 Å². The van der Waals surface area contributed by atoms with Gasteiger partial charge in [-0.05, 0) is 29.1 Å². The SMILES string of the molecule is O=C1CC(C(=O)N(Cc2ccco2)Cc2cccs2)CN1Cc1ccccc1. The summed E-state index contributed by atoms with van der Waals surface area (Å²) in [5, 5.41) is 2.01. The zero-order chi connectivity index (χ0) is 19.3. The van der Waals surface area contributed by atoms with Crippen molar-refractivity contribution in [3.8, 4) is 0 Å². The van der Waals surface area contributed by atoms with E-state index in [9.17, 15) is 9.59 Å². The van der Waals surface area contributed by atoms with Gasteiger partial charge in [-0.1, -0.05) is 36.4 Å². The lowest BCUT2D eigenvalue weighted by Gasteiger charge is -2.24. The third kappa shape index (κ3) is 4.34. The molecule has 2 amide bonds. The summed E-state index contributed by atoms with van der Waals surface area (Å²) < 4.78 is 5.45. The monoisotopic (exact) mass is 394 g/mol. The van der Waals surface area contributed by atoms with Crippen molar-refractivity contribution in [2.45, 2.75) is 26.1 Å². The number of nitrogens with zero attached hydrogens (tertiary/aromatic N) is 2. The van der Waals surface area contributed by atoms with Gasteiger partial charge in [-0.3, -0.25) is 9.59 Å². The first-order valence-electron chi connectivity index (χ1n) is 9.34. The van der Waals surface area contributed by atoms with Gasteiger partial charge in [-0.25, -0.2) is 0 Å². The minimum absolute atomic E-state index is 0.00807. The molecule has 1 aromatic carbocycles. The summed E-state index contributed by atoms with van der Waals surface area (Å²) in [4.78, 5) is 30.4. The van der Waals surface area contributed by atoms with E-state index in [1.54, 1.807) is 27.4 Å². The van der Waals surface area contributed by atoms with E-state index in [0.717, 1.165) is 16.2 Å². The van der Waals surface area contributed by atoms with Crippen molar-refractivity contribution in [3.05, 3.63) is 82.4 Å². The molecule has 0 spiro atoms. The fraction of sp³-hybridized carbons (Fsp3) is 0.273. The summed E-state index contributed by atoms with van der Waals surface area (Å²) in [6, 6.07) is 17.6. The van der Waals surface area contributed by atoms with Crippen LogP contribution >= 0.6 is 11.3 Å². The number of furan rings is 1. The second kappa shape index (κ2) is 8.44. The van der Waals surface area contributed by atoms with Crippen LogP contribution in [0.4, 0.5) is 0 Å². The molecule has 2 aromatic heterocycles. The number of carbonyl (C=O) groups is 2. The van der Waals surface area contributed by atoms with E-state index >= 15 is 0 Å². The van der Waals surface area contributed by atoms with Crippen molar-refractivity contribution in [1.29, 1.82) is 0 Å². The van der Waals surface area contributed by atoms with Crippen molar-refractivity contribution in [2.75, 3.05) is 6.54 Å². The summed E-state index contributed by atoms with van der Waals surface area (Å²) in [5.41, 5.74) is 1.08. The van der Waals surface area contributed by atoms with Crippen LogP contribution in [0.15, 0.2) is 70.7 Å². The summed E-state index contributed by atoms with van der Waals surface area (Å²) >= 11 is 1.62. The normalized spacial score (nSPS) is 16.5. The van der Waals surface area contributed by atoms with E-state index in [0.29, 0.717) is 26.2 Å². The molecule has 28 heavy (non-hydrogen) atoms. The van der Waals surface area contributed by atoms with Crippen LogP contribution in [-0.2, 0) is 29.2 Å². The first kappa shape index (κ1) is 18.5. The Morgan fingerprint density at radius 1 is 1.11 bits per heavy atom. The minimum Gasteiger partial charge on any atom is -0.467 e. The lowest BCUT2D eigenvalue weighted by molar-refractivity contribution is -0.137. The average Bonchev–Trinajstić information content (AvgIpc) is 3.46. The molecule has 6 heteroatoms. The fourth-order valence-corrected chi connectivity index (χ4v) is 4.26. The van der Waals surface area contributed by atoms with Crippen LogP contribution in [0.5, 0.6) is 0 Å². The van der Waals surface area contributed by atoms with Gasteiger partial charge in [0.2, 0.25) is 11.8 Å². The molecule has 1 fully saturated rings. The zero-order valence-corrected chi connectivity index (χ0v) is 16.3. The first-order chi connectivity index (χ1) is 13.7. The van der Waals surface area contributed by atoms with Crippen LogP contribution in [0.2, 0.25) is 0 Å². The molecule has 5 nitrogen and oxygen atoms in total. The van der Waals surface area contributed by atoms with E-state index in [1.807, 2.05) is 60.0 Å². The van der Waals surface area contributed by atoms with Crippen molar-refractivity contribution in [2.24, 2.45) is 5.92 Å². The molecule has 0 radical (unpaired) electrons. The summed E-state index contributed by atoms with van der Waals surface area (Å²) in [6.45, 7) is 1.95. The topological polar surface area (TPSA) is 53.8 Å². The number of rotatable bonds is 7. The first-order valence-corrected chi connectivity index (χ1v) is 10.2.